The number of carbonyl (C=O) groups is 2. The predicted molar refractivity (Wildman–Crippen MR) is 124 cm³/mol. The lowest BCUT2D eigenvalue weighted by Gasteiger charge is -2.29. The minimum absolute atomic E-state index is 0.00908. The summed E-state index contributed by atoms with van der Waals surface area (Å²) < 4.78 is 7.32. The molecule has 2 aliphatic rings. The number of aromatic nitrogens is 2. The van der Waals surface area contributed by atoms with E-state index in [-0.39, 0.29) is 18.4 Å². The van der Waals surface area contributed by atoms with Crippen LogP contribution >= 0.6 is 0 Å². The SMILES string of the molecule is CCN(CC(=O)Nc1ccc(N2CCOCC2)cc1)C(=O)c1cnn(C2CCCCC2)c1. The maximum absolute atomic E-state index is 13.0. The fourth-order valence-corrected chi connectivity index (χ4v) is 4.45. The minimum Gasteiger partial charge on any atom is -0.378 e. The number of hydrogen-bond donors (Lipinski definition) is 1. The topological polar surface area (TPSA) is 79.7 Å². The number of hydrogen-bond acceptors (Lipinski definition) is 5. The van der Waals surface area contributed by atoms with E-state index in [9.17, 15) is 9.59 Å². The van der Waals surface area contributed by atoms with Gasteiger partial charge in [0.25, 0.3) is 5.91 Å². The van der Waals surface area contributed by atoms with Crippen LogP contribution in [0.2, 0.25) is 0 Å². The van der Waals surface area contributed by atoms with E-state index in [0.29, 0.717) is 18.2 Å². The van der Waals surface area contributed by atoms with Gasteiger partial charge in [-0.25, -0.2) is 0 Å². The van der Waals surface area contributed by atoms with E-state index >= 15 is 0 Å². The molecule has 2 amide bonds. The van der Waals surface area contributed by atoms with E-state index in [1.54, 1.807) is 11.1 Å². The second-order valence-electron chi connectivity index (χ2n) is 8.51. The van der Waals surface area contributed by atoms with Crippen LogP contribution in [-0.2, 0) is 9.53 Å². The molecule has 0 radical (unpaired) electrons. The van der Waals surface area contributed by atoms with Crippen LogP contribution in [-0.4, -0.2) is 65.9 Å². The third kappa shape index (κ3) is 5.48. The predicted octanol–water partition coefficient (Wildman–Crippen LogP) is 3.33. The Morgan fingerprint density at radius 3 is 2.53 bits per heavy atom. The van der Waals surface area contributed by atoms with Gasteiger partial charge in [-0.05, 0) is 44.0 Å². The van der Waals surface area contributed by atoms with Gasteiger partial charge < -0.3 is 19.9 Å². The van der Waals surface area contributed by atoms with Crippen molar-refractivity contribution < 1.29 is 14.3 Å². The first-order valence-electron chi connectivity index (χ1n) is 11.7. The third-order valence-corrected chi connectivity index (χ3v) is 6.33. The van der Waals surface area contributed by atoms with Crippen molar-refractivity contribution >= 4 is 23.2 Å². The van der Waals surface area contributed by atoms with Crippen LogP contribution in [0.15, 0.2) is 36.7 Å². The van der Waals surface area contributed by atoms with Crippen LogP contribution in [0, 0.1) is 0 Å². The molecule has 1 saturated heterocycles. The average Bonchev–Trinajstić information content (AvgIpc) is 3.34. The fraction of sp³-hybridized carbons (Fsp3) is 0.542. The summed E-state index contributed by atoms with van der Waals surface area (Å²) in [6.45, 7) is 5.56. The zero-order chi connectivity index (χ0) is 22.3. The second-order valence-corrected chi connectivity index (χ2v) is 8.51. The van der Waals surface area contributed by atoms with Crippen molar-refractivity contribution in [3.05, 3.63) is 42.2 Å². The Balaban J connectivity index is 1.32. The molecule has 1 aromatic carbocycles. The first-order valence-corrected chi connectivity index (χ1v) is 11.7. The molecular weight excluding hydrogens is 406 g/mol. The van der Waals surface area contributed by atoms with E-state index in [1.807, 2.05) is 42.1 Å². The smallest absolute Gasteiger partial charge is 0.257 e. The molecule has 8 nitrogen and oxygen atoms in total. The third-order valence-electron chi connectivity index (χ3n) is 6.33. The van der Waals surface area contributed by atoms with Crippen LogP contribution in [0.25, 0.3) is 0 Å². The number of ether oxygens (including phenoxy) is 1. The molecule has 4 rings (SSSR count). The van der Waals surface area contributed by atoms with E-state index < -0.39 is 0 Å². The maximum atomic E-state index is 13.0. The van der Waals surface area contributed by atoms with Gasteiger partial charge in [-0.1, -0.05) is 19.3 Å². The summed E-state index contributed by atoms with van der Waals surface area (Å²) in [7, 11) is 0. The number of morpholine rings is 1. The summed E-state index contributed by atoms with van der Waals surface area (Å²) in [6.07, 6.45) is 9.38. The molecule has 2 aromatic rings. The highest BCUT2D eigenvalue weighted by Crippen LogP contribution is 2.27. The molecule has 0 unspecified atom stereocenters. The zero-order valence-electron chi connectivity index (χ0n) is 18.8. The van der Waals surface area contributed by atoms with Gasteiger partial charge >= 0.3 is 0 Å². The molecular formula is C24H33N5O3. The number of anilines is 2. The van der Waals surface area contributed by atoms with E-state index in [0.717, 1.165) is 50.5 Å². The number of nitrogens with zero attached hydrogens (tertiary/aromatic N) is 4. The number of amides is 2. The Hall–Kier alpha value is -2.87. The molecule has 0 spiro atoms. The molecule has 2 heterocycles. The van der Waals surface area contributed by atoms with Crippen molar-refractivity contribution in [3.8, 4) is 0 Å². The van der Waals surface area contributed by atoms with Crippen molar-refractivity contribution in [2.75, 3.05) is 49.6 Å². The van der Waals surface area contributed by atoms with Gasteiger partial charge in [-0.3, -0.25) is 14.3 Å². The molecule has 32 heavy (non-hydrogen) atoms. The quantitative estimate of drug-likeness (QED) is 0.716. The largest absolute Gasteiger partial charge is 0.378 e. The lowest BCUT2D eigenvalue weighted by atomic mass is 9.96. The minimum atomic E-state index is -0.209. The van der Waals surface area contributed by atoms with Gasteiger partial charge in [0.2, 0.25) is 5.91 Å². The van der Waals surface area contributed by atoms with Crippen LogP contribution in [0.3, 0.4) is 0 Å². The van der Waals surface area contributed by atoms with Crippen LogP contribution in [0.4, 0.5) is 11.4 Å². The molecule has 0 bridgehead atoms. The molecule has 0 atom stereocenters. The highest BCUT2D eigenvalue weighted by molar-refractivity contribution is 5.99. The molecule has 1 saturated carbocycles. The van der Waals surface area contributed by atoms with Crippen molar-refractivity contribution in [2.45, 2.75) is 45.1 Å². The Morgan fingerprint density at radius 2 is 1.84 bits per heavy atom. The van der Waals surface area contributed by atoms with E-state index in [1.165, 1.54) is 19.3 Å². The zero-order valence-corrected chi connectivity index (χ0v) is 18.8. The summed E-state index contributed by atoms with van der Waals surface area (Å²) in [5.74, 6) is -0.369. The van der Waals surface area contributed by atoms with Crippen LogP contribution in [0.1, 0.15) is 55.4 Å². The van der Waals surface area contributed by atoms with Gasteiger partial charge in [0.1, 0.15) is 6.54 Å². The summed E-state index contributed by atoms with van der Waals surface area (Å²) in [6, 6.07) is 8.18. The highest BCUT2D eigenvalue weighted by Gasteiger charge is 2.22. The Bertz CT molecular complexity index is 899. The average molecular weight is 440 g/mol. The first kappa shape index (κ1) is 22.3. The molecule has 2 fully saturated rings. The van der Waals surface area contributed by atoms with Crippen LogP contribution in [0.5, 0.6) is 0 Å². The molecule has 1 aliphatic heterocycles. The van der Waals surface area contributed by atoms with Gasteiger partial charge in [-0.2, -0.15) is 5.10 Å². The van der Waals surface area contributed by atoms with Gasteiger partial charge in [-0.15, -0.1) is 0 Å². The van der Waals surface area contributed by atoms with E-state index in [4.69, 9.17) is 4.74 Å². The lowest BCUT2D eigenvalue weighted by Crippen LogP contribution is -2.37. The van der Waals surface area contributed by atoms with Crippen molar-refractivity contribution in [2.24, 2.45) is 0 Å². The second kappa shape index (κ2) is 10.6. The molecule has 1 aromatic heterocycles. The molecule has 8 heteroatoms. The number of benzene rings is 1. The van der Waals surface area contributed by atoms with E-state index in [2.05, 4.69) is 15.3 Å². The lowest BCUT2D eigenvalue weighted by molar-refractivity contribution is -0.116. The van der Waals surface area contributed by atoms with Crippen molar-refractivity contribution in [3.63, 3.8) is 0 Å². The Morgan fingerprint density at radius 1 is 1.12 bits per heavy atom. The summed E-state index contributed by atoms with van der Waals surface area (Å²) in [5.41, 5.74) is 2.38. The number of likely N-dealkylation sites (N-methyl/N-ethyl adjacent to an activating group) is 1. The van der Waals surface area contributed by atoms with Gasteiger partial charge in [0, 0.05) is 37.2 Å². The molecule has 1 aliphatic carbocycles. The highest BCUT2D eigenvalue weighted by atomic mass is 16.5. The Kier molecular flexibility index (Phi) is 7.42. The number of carbonyl (C=O) groups excluding carboxylic acids is 2. The van der Waals surface area contributed by atoms with Crippen molar-refractivity contribution in [1.82, 2.24) is 14.7 Å². The molecule has 1 N–H and O–H groups in total. The molecule has 172 valence electrons. The van der Waals surface area contributed by atoms with Crippen molar-refractivity contribution in [1.29, 1.82) is 0 Å². The summed E-state index contributed by atoms with van der Waals surface area (Å²) in [4.78, 5) is 29.4. The van der Waals surface area contributed by atoms with Crippen LogP contribution < -0.4 is 10.2 Å². The standard InChI is InChI=1S/C24H33N5O3/c1-2-27(24(31)19-16-25-29(17-19)22-6-4-3-5-7-22)18-23(30)26-20-8-10-21(11-9-20)28-12-14-32-15-13-28/h8-11,16-17,22H,2-7,12-15,18H2,1H3,(H,26,30). The summed E-state index contributed by atoms with van der Waals surface area (Å²) >= 11 is 0. The normalized spacial score (nSPS) is 17.2. The number of rotatable bonds is 7. The monoisotopic (exact) mass is 439 g/mol. The fourth-order valence-electron chi connectivity index (χ4n) is 4.45. The maximum Gasteiger partial charge on any atom is 0.257 e. The van der Waals surface area contributed by atoms with Gasteiger partial charge in [0.05, 0.1) is 31.0 Å². The Labute approximate surface area is 189 Å². The first-order chi connectivity index (χ1) is 15.6. The summed E-state index contributed by atoms with van der Waals surface area (Å²) in [5, 5.41) is 7.33. The number of nitrogens with one attached hydrogen (secondary N) is 1. The van der Waals surface area contributed by atoms with Gasteiger partial charge in [0.15, 0.2) is 0 Å².